The van der Waals surface area contributed by atoms with Crippen LogP contribution in [0.3, 0.4) is 0 Å². The highest BCUT2D eigenvalue weighted by molar-refractivity contribution is 4.83. The molecule has 3 nitrogen and oxygen atoms in total. The van der Waals surface area contributed by atoms with Crippen LogP contribution in [-0.4, -0.2) is 62.7 Å². The van der Waals surface area contributed by atoms with Gasteiger partial charge in [-0.1, -0.05) is 41.5 Å². The maximum absolute atomic E-state index is 3.66. The van der Waals surface area contributed by atoms with Crippen molar-refractivity contribution in [2.24, 2.45) is 11.3 Å². The van der Waals surface area contributed by atoms with E-state index in [2.05, 4.69) is 70.8 Å². The Hall–Kier alpha value is -0.120. The molecule has 0 aliphatic carbocycles. The van der Waals surface area contributed by atoms with Crippen LogP contribution in [-0.2, 0) is 0 Å². The zero-order valence-corrected chi connectivity index (χ0v) is 14.6. The number of nitrogens with one attached hydrogen (secondary N) is 1. The van der Waals surface area contributed by atoms with Crippen LogP contribution in [0.4, 0.5) is 0 Å². The summed E-state index contributed by atoms with van der Waals surface area (Å²) in [4.78, 5) is 4.88. The Kier molecular flexibility index (Phi) is 8.88. The molecule has 0 aromatic heterocycles. The topological polar surface area (TPSA) is 18.5 Å². The lowest BCUT2D eigenvalue weighted by molar-refractivity contribution is 0.152. The van der Waals surface area contributed by atoms with Crippen LogP contribution < -0.4 is 5.32 Å². The first-order valence-corrected chi connectivity index (χ1v) is 7.77. The fourth-order valence-corrected chi connectivity index (χ4v) is 2.26. The van der Waals surface area contributed by atoms with Gasteiger partial charge < -0.3 is 15.1 Å². The Morgan fingerprint density at radius 3 is 1.95 bits per heavy atom. The van der Waals surface area contributed by atoms with Gasteiger partial charge in [-0.3, -0.25) is 0 Å². The van der Waals surface area contributed by atoms with E-state index in [4.69, 9.17) is 0 Å². The van der Waals surface area contributed by atoms with Crippen LogP contribution in [0.1, 0.15) is 41.5 Å². The van der Waals surface area contributed by atoms with Crippen LogP contribution in [0, 0.1) is 11.3 Å². The third kappa shape index (κ3) is 9.42. The average Bonchev–Trinajstić information content (AvgIpc) is 2.23. The van der Waals surface area contributed by atoms with Crippen molar-refractivity contribution in [3.8, 4) is 0 Å². The van der Waals surface area contributed by atoms with Gasteiger partial charge in [-0.2, -0.15) is 0 Å². The maximum Gasteiger partial charge on any atom is 0.0243 e. The van der Waals surface area contributed by atoms with Gasteiger partial charge in [0.1, 0.15) is 0 Å². The molecule has 1 N–H and O–H groups in total. The summed E-state index contributed by atoms with van der Waals surface area (Å²) >= 11 is 0. The standard InChI is InChI=1S/C16H37N3/c1-9-17-15(16(4,5)6)13-19(12-14(2)3)11-10-18(7)8/h14-15,17H,9-13H2,1-8H3. The monoisotopic (exact) mass is 271 g/mol. The highest BCUT2D eigenvalue weighted by Crippen LogP contribution is 2.20. The summed E-state index contributed by atoms with van der Waals surface area (Å²) in [6.45, 7) is 19.5. The lowest BCUT2D eigenvalue weighted by Gasteiger charge is -2.37. The molecule has 0 aromatic carbocycles. The van der Waals surface area contributed by atoms with E-state index in [0.29, 0.717) is 11.5 Å². The summed E-state index contributed by atoms with van der Waals surface area (Å²) in [6, 6.07) is 0.554. The molecule has 3 heteroatoms. The number of hydrogen-bond acceptors (Lipinski definition) is 3. The van der Waals surface area contributed by atoms with E-state index in [0.717, 1.165) is 32.1 Å². The second-order valence-electron chi connectivity index (χ2n) is 7.43. The third-order valence-electron chi connectivity index (χ3n) is 3.42. The van der Waals surface area contributed by atoms with Crippen LogP contribution in [0.15, 0.2) is 0 Å². The van der Waals surface area contributed by atoms with Crippen LogP contribution in [0.2, 0.25) is 0 Å². The smallest absolute Gasteiger partial charge is 0.0243 e. The summed E-state index contributed by atoms with van der Waals surface area (Å²) in [6.07, 6.45) is 0. The highest BCUT2D eigenvalue weighted by atomic mass is 15.2. The molecule has 116 valence electrons. The molecule has 0 aliphatic rings. The van der Waals surface area contributed by atoms with Crippen LogP contribution in [0.25, 0.3) is 0 Å². The summed E-state index contributed by atoms with van der Waals surface area (Å²) in [7, 11) is 4.30. The maximum atomic E-state index is 3.66. The number of hydrogen-bond donors (Lipinski definition) is 1. The Balaban J connectivity index is 4.55. The Morgan fingerprint density at radius 2 is 1.58 bits per heavy atom. The molecular weight excluding hydrogens is 234 g/mol. The van der Waals surface area contributed by atoms with Crippen molar-refractivity contribution in [3.05, 3.63) is 0 Å². The van der Waals surface area contributed by atoms with E-state index in [9.17, 15) is 0 Å². The zero-order valence-electron chi connectivity index (χ0n) is 14.6. The van der Waals surface area contributed by atoms with E-state index in [-0.39, 0.29) is 0 Å². The lowest BCUT2D eigenvalue weighted by atomic mass is 9.86. The predicted molar refractivity (Wildman–Crippen MR) is 86.8 cm³/mol. The van der Waals surface area contributed by atoms with E-state index in [1.807, 2.05) is 0 Å². The molecule has 0 aromatic rings. The second-order valence-corrected chi connectivity index (χ2v) is 7.43. The normalized spacial score (nSPS) is 14.7. The summed E-state index contributed by atoms with van der Waals surface area (Å²) in [5.74, 6) is 0.726. The first-order valence-electron chi connectivity index (χ1n) is 7.77. The van der Waals surface area contributed by atoms with Gasteiger partial charge in [-0.25, -0.2) is 0 Å². The van der Waals surface area contributed by atoms with Gasteiger partial charge >= 0.3 is 0 Å². The Labute approximate surface area is 121 Å². The minimum absolute atomic E-state index is 0.309. The molecule has 0 amide bonds. The van der Waals surface area contributed by atoms with Gasteiger partial charge in [0.2, 0.25) is 0 Å². The number of likely N-dealkylation sites (N-methyl/N-ethyl adjacent to an activating group) is 2. The highest BCUT2D eigenvalue weighted by Gasteiger charge is 2.26. The molecule has 19 heavy (non-hydrogen) atoms. The van der Waals surface area contributed by atoms with E-state index >= 15 is 0 Å². The van der Waals surface area contributed by atoms with Gasteiger partial charge in [-0.05, 0) is 32.0 Å². The van der Waals surface area contributed by atoms with E-state index in [1.54, 1.807) is 0 Å². The van der Waals surface area contributed by atoms with Crippen molar-refractivity contribution in [2.45, 2.75) is 47.6 Å². The molecule has 0 heterocycles. The third-order valence-corrected chi connectivity index (χ3v) is 3.42. The van der Waals surface area contributed by atoms with Crippen molar-refractivity contribution in [2.75, 3.05) is 46.8 Å². The molecule has 0 saturated heterocycles. The first kappa shape index (κ1) is 18.9. The van der Waals surface area contributed by atoms with E-state index < -0.39 is 0 Å². The molecule has 0 saturated carbocycles. The minimum Gasteiger partial charge on any atom is -0.312 e. The van der Waals surface area contributed by atoms with Gasteiger partial charge in [0, 0.05) is 32.2 Å². The second kappa shape index (κ2) is 8.93. The zero-order chi connectivity index (χ0) is 15.1. The molecule has 0 rings (SSSR count). The molecule has 1 atom stereocenters. The van der Waals surface area contributed by atoms with Crippen molar-refractivity contribution < 1.29 is 0 Å². The lowest BCUT2D eigenvalue weighted by Crippen LogP contribution is -2.50. The molecule has 0 spiro atoms. The van der Waals surface area contributed by atoms with Crippen molar-refractivity contribution in [1.29, 1.82) is 0 Å². The average molecular weight is 271 g/mol. The van der Waals surface area contributed by atoms with Crippen LogP contribution in [0.5, 0.6) is 0 Å². The van der Waals surface area contributed by atoms with Gasteiger partial charge in [0.05, 0.1) is 0 Å². The molecule has 0 bridgehead atoms. The first-order chi connectivity index (χ1) is 8.66. The SMILES string of the molecule is CCNC(CN(CCN(C)C)CC(C)C)C(C)(C)C. The number of rotatable bonds is 9. The Bertz CT molecular complexity index is 219. The predicted octanol–water partition coefficient (Wildman–Crippen LogP) is 2.53. The minimum atomic E-state index is 0.309. The van der Waals surface area contributed by atoms with Crippen molar-refractivity contribution >= 4 is 0 Å². The van der Waals surface area contributed by atoms with Crippen LogP contribution >= 0.6 is 0 Å². The van der Waals surface area contributed by atoms with Gasteiger partial charge in [0.25, 0.3) is 0 Å². The molecular formula is C16H37N3. The van der Waals surface area contributed by atoms with Gasteiger partial charge in [-0.15, -0.1) is 0 Å². The number of nitrogens with zero attached hydrogens (tertiary/aromatic N) is 2. The fraction of sp³-hybridized carbons (Fsp3) is 1.00. The molecule has 0 aliphatic heterocycles. The summed E-state index contributed by atoms with van der Waals surface area (Å²) < 4.78 is 0. The van der Waals surface area contributed by atoms with E-state index in [1.165, 1.54) is 6.54 Å². The fourth-order valence-electron chi connectivity index (χ4n) is 2.26. The summed E-state index contributed by atoms with van der Waals surface area (Å²) in [5.41, 5.74) is 0.309. The molecule has 0 radical (unpaired) electrons. The molecule has 0 fully saturated rings. The van der Waals surface area contributed by atoms with Gasteiger partial charge in [0.15, 0.2) is 0 Å². The molecule has 1 unspecified atom stereocenters. The summed E-state index contributed by atoms with van der Waals surface area (Å²) in [5, 5.41) is 3.66. The van der Waals surface area contributed by atoms with Crippen molar-refractivity contribution in [3.63, 3.8) is 0 Å². The largest absolute Gasteiger partial charge is 0.312 e. The quantitative estimate of drug-likeness (QED) is 0.695. The Morgan fingerprint density at radius 1 is 1.00 bits per heavy atom. The van der Waals surface area contributed by atoms with Crippen molar-refractivity contribution in [1.82, 2.24) is 15.1 Å².